The Labute approximate surface area is 78.8 Å². The number of methoxy groups -OCH3 is 1. The molecular weight excluding hydrogens is 173 g/mol. The van der Waals surface area contributed by atoms with Crippen LogP contribution in [0.15, 0.2) is 0 Å². The van der Waals surface area contributed by atoms with E-state index in [1.807, 2.05) is 18.7 Å². The highest BCUT2D eigenvalue weighted by molar-refractivity contribution is 4.73. The largest absolute Gasteiger partial charge is 0.378 e. The van der Waals surface area contributed by atoms with Crippen molar-refractivity contribution in [2.75, 3.05) is 26.8 Å². The Morgan fingerprint density at radius 1 is 1.46 bits per heavy atom. The molecule has 1 saturated heterocycles. The Morgan fingerprint density at radius 2 is 2.15 bits per heavy atom. The van der Waals surface area contributed by atoms with Gasteiger partial charge in [0.2, 0.25) is 6.36 Å². The zero-order chi connectivity index (χ0) is 9.84. The summed E-state index contributed by atoms with van der Waals surface area (Å²) in [6.45, 7) is 5.53. The first-order chi connectivity index (χ1) is 6.13. The standard InChI is InChI=1S/C9H18FNO2/c1-7(2)11-4-8(12-3)6-13-9(10)5-11/h7-9H,4-6H2,1-3H3/t8-,9?/m1/s1. The molecule has 1 aliphatic rings. The van der Waals surface area contributed by atoms with E-state index in [1.54, 1.807) is 7.11 Å². The van der Waals surface area contributed by atoms with Gasteiger partial charge in [-0.15, -0.1) is 0 Å². The van der Waals surface area contributed by atoms with Gasteiger partial charge in [0.1, 0.15) is 0 Å². The van der Waals surface area contributed by atoms with E-state index < -0.39 is 6.36 Å². The van der Waals surface area contributed by atoms with Crippen LogP contribution in [0, 0.1) is 0 Å². The molecule has 2 atom stereocenters. The molecule has 3 nitrogen and oxygen atoms in total. The molecule has 13 heavy (non-hydrogen) atoms. The maximum atomic E-state index is 13.0. The quantitative estimate of drug-likeness (QED) is 0.651. The molecule has 1 aliphatic heterocycles. The van der Waals surface area contributed by atoms with E-state index in [-0.39, 0.29) is 6.10 Å². The molecule has 0 aromatic rings. The van der Waals surface area contributed by atoms with Gasteiger partial charge in [-0.2, -0.15) is 0 Å². The summed E-state index contributed by atoms with van der Waals surface area (Å²) >= 11 is 0. The molecule has 0 bridgehead atoms. The van der Waals surface area contributed by atoms with Crippen LogP contribution in [0.3, 0.4) is 0 Å². The van der Waals surface area contributed by atoms with E-state index in [0.29, 0.717) is 19.2 Å². The van der Waals surface area contributed by atoms with E-state index in [4.69, 9.17) is 9.47 Å². The van der Waals surface area contributed by atoms with Crippen molar-refractivity contribution in [2.45, 2.75) is 32.4 Å². The van der Waals surface area contributed by atoms with Gasteiger partial charge in [0.25, 0.3) is 0 Å². The van der Waals surface area contributed by atoms with Crippen LogP contribution in [0.25, 0.3) is 0 Å². The predicted molar refractivity (Wildman–Crippen MR) is 48.4 cm³/mol. The number of nitrogens with zero attached hydrogens (tertiary/aromatic N) is 1. The van der Waals surface area contributed by atoms with Crippen molar-refractivity contribution < 1.29 is 13.9 Å². The van der Waals surface area contributed by atoms with Crippen LogP contribution in [0.5, 0.6) is 0 Å². The monoisotopic (exact) mass is 191 g/mol. The van der Waals surface area contributed by atoms with Crippen molar-refractivity contribution in [3.8, 4) is 0 Å². The van der Waals surface area contributed by atoms with Crippen LogP contribution in [-0.4, -0.2) is 50.2 Å². The van der Waals surface area contributed by atoms with Gasteiger partial charge in [0, 0.05) is 19.7 Å². The zero-order valence-electron chi connectivity index (χ0n) is 8.50. The highest BCUT2D eigenvalue weighted by atomic mass is 19.1. The van der Waals surface area contributed by atoms with Gasteiger partial charge in [0.15, 0.2) is 0 Å². The van der Waals surface area contributed by atoms with Crippen molar-refractivity contribution in [1.82, 2.24) is 4.90 Å². The molecule has 4 heteroatoms. The topological polar surface area (TPSA) is 21.7 Å². The van der Waals surface area contributed by atoms with Crippen molar-refractivity contribution in [3.63, 3.8) is 0 Å². The highest BCUT2D eigenvalue weighted by Crippen LogP contribution is 2.11. The molecule has 1 heterocycles. The van der Waals surface area contributed by atoms with E-state index in [9.17, 15) is 4.39 Å². The van der Waals surface area contributed by atoms with E-state index >= 15 is 0 Å². The minimum absolute atomic E-state index is 0.0110. The fraction of sp³-hybridized carbons (Fsp3) is 1.00. The van der Waals surface area contributed by atoms with Crippen molar-refractivity contribution in [1.29, 1.82) is 0 Å². The maximum absolute atomic E-state index is 13.0. The molecule has 0 aromatic carbocycles. The van der Waals surface area contributed by atoms with E-state index in [1.165, 1.54) is 0 Å². The molecule has 1 fully saturated rings. The summed E-state index contributed by atoms with van der Waals surface area (Å²) in [4.78, 5) is 2.03. The van der Waals surface area contributed by atoms with Crippen LogP contribution < -0.4 is 0 Å². The lowest BCUT2D eigenvalue weighted by molar-refractivity contribution is -0.0630. The van der Waals surface area contributed by atoms with Gasteiger partial charge in [-0.25, -0.2) is 4.39 Å². The first-order valence-corrected chi connectivity index (χ1v) is 4.66. The molecule has 78 valence electrons. The predicted octanol–water partition coefficient (Wildman–Crippen LogP) is 1.04. The number of ether oxygens (including phenoxy) is 2. The Morgan fingerprint density at radius 3 is 2.69 bits per heavy atom. The fourth-order valence-electron chi connectivity index (χ4n) is 1.40. The normalized spacial score (nSPS) is 32.1. The lowest BCUT2D eigenvalue weighted by atomic mass is 10.2. The Bertz CT molecular complexity index is 155. The molecule has 0 spiro atoms. The molecule has 0 N–H and O–H groups in total. The summed E-state index contributed by atoms with van der Waals surface area (Å²) < 4.78 is 23.2. The van der Waals surface area contributed by atoms with E-state index in [0.717, 1.165) is 6.54 Å². The van der Waals surface area contributed by atoms with Gasteiger partial charge in [0.05, 0.1) is 19.3 Å². The van der Waals surface area contributed by atoms with Gasteiger partial charge in [-0.1, -0.05) is 0 Å². The SMILES string of the molecule is CO[C@H]1COC(F)CN(C(C)C)C1. The third-order valence-corrected chi connectivity index (χ3v) is 2.34. The van der Waals surface area contributed by atoms with Gasteiger partial charge in [-0.3, -0.25) is 4.90 Å². The van der Waals surface area contributed by atoms with Gasteiger partial charge in [-0.05, 0) is 13.8 Å². The molecule has 0 saturated carbocycles. The minimum atomic E-state index is -1.18. The Kier molecular flexibility index (Phi) is 4.09. The number of hydrogen-bond acceptors (Lipinski definition) is 3. The maximum Gasteiger partial charge on any atom is 0.211 e. The van der Waals surface area contributed by atoms with Gasteiger partial charge >= 0.3 is 0 Å². The third-order valence-electron chi connectivity index (χ3n) is 2.34. The molecule has 0 radical (unpaired) electrons. The minimum Gasteiger partial charge on any atom is -0.378 e. The molecule has 0 aromatic heterocycles. The van der Waals surface area contributed by atoms with Crippen LogP contribution in [-0.2, 0) is 9.47 Å². The molecule has 0 aliphatic carbocycles. The number of hydrogen-bond donors (Lipinski definition) is 0. The Balaban J connectivity index is 2.52. The average Bonchev–Trinajstić information content (AvgIpc) is 2.27. The second-order valence-corrected chi connectivity index (χ2v) is 3.65. The second kappa shape index (κ2) is 4.88. The Hall–Kier alpha value is -0.190. The first kappa shape index (κ1) is 10.9. The molecular formula is C9H18FNO2. The number of halogens is 1. The summed E-state index contributed by atoms with van der Waals surface area (Å²) in [7, 11) is 1.63. The fourth-order valence-corrected chi connectivity index (χ4v) is 1.40. The average molecular weight is 191 g/mol. The summed E-state index contributed by atoms with van der Waals surface area (Å²) in [6, 6.07) is 0.331. The van der Waals surface area contributed by atoms with Crippen LogP contribution in [0.2, 0.25) is 0 Å². The van der Waals surface area contributed by atoms with Crippen molar-refractivity contribution in [2.24, 2.45) is 0 Å². The van der Waals surface area contributed by atoms with E-state index in [2.05, 4.69) is 0 Å². The van der Waals surface area contributed by atoms with Crippen molar-refractivity contribution >= 4 is 0 Å². The lowest BCUT2D eigenvalue weighted by Gasteiger charge is -2.26. The molecule has 1 rings (SSSR count). The van der Waals surface area contributed by atoms with Crippen LogP contribution >= 0.6 is 0 Å². The lowest BCUT2D eigenvalue weighted by Crippen LogP contribution is -2.39. The van der Waals surface area contributed by atoms with Crippen LogP contribution in [0.4, 0.5) is 4.39 Å². The summed E-state index contributed by atoms with van der Waals surface area (Å²) in [5.41, 5.74) is 0. The third kappa shape index (κ3) is 3.21. The van der Waals surface area contributed by atoms with Crippen LogP contribution in [0.1, 0.15) is 13.8 Å². The highest BCUT2D eigenvalue weighted by Gasteiger charge is 2.25. The van der Waals surface area contributed by atoms with Crippen molar-refractivity contribution in [3.05, 3.63) is 0 Å². The number of rotatable bonds is 2. The second-order valence-electron chi connectivity index (χ2n) is 3.65. The number of alkyl halides is 1. The molecule has 0 amide bonds. The molecule has 1 unspecified atom stereocenters. The first-order valence-electron chi connectivity index (χ1n) is 4.66. The summed E-state index contributed by atoms with van der Waals surface area (Å²) in [5, 5.41) is 0. The summed E-state index contributed by atoms with van der Waals surface area (Å²) in [6.07, 6.45) is -1.19. The van der Waals surface area contributed by atoms with Gasteiger partial charge < -0.3 is 9.47 Å². The smallest absolute Gasteiger partial charge is 0.211 e. The summed E-state index contributed by atoms with van der Waals surface area (Å²) in [5.74, 6) is 0. The zero-order valence-corrected chi connectivity index (χ0v) is 8.50.